The number of carboxylic acid groups (broad SMARTS) is 1. The molecule has 0 radical (unpaired) electrons. The number of hydrogen-bond donors (Lipinski definition) is 4. The Bertz CT molecular complexity index is 1210. The molecular formula is C31H42N4O6. The van der Waals surface area contributed by atoms with E-state index in [1.165, 1.54) is 6.42 Å². The third-order valence-electron chi connectivity index (χ3n) is 8.02. The van der Waals surface area contributed by atoms with Gasteiger partial charge in [-0.2, -0.15) is 0 Å². The Labute approximate surface area is 241 Å². The Balaban J connectivity index is 1.58. The highest BCUT2D eigenvalue weighted by atomic mass is 16.5. The number of aromatic carboxylic acids is 1. The molecule has 3 amide bonds. The summed E-state index contributed by atoms with van der Waals surface area (Å²) in [4.78, 5) is 41.6. The van der Waals surface area contributed by atoms with Crippen molar-refractivity contribution in [2.75, 3.05) is 32.1 Å². The molecule has 1 aliphatic carbocycles. The number of urea groups is 1. The standard InChI is InChI=1S/C31H42N4O6/c1-20-16-35(21(2)19-36)29(37)25-10-7-11-26(33-31(40)32-24-8-5-4-6-9-24)28(25)41-27(20)18-34(3)17-22-12-14-23(15-13-22)30(38)39/h7,10-15,20-21,24,27,36H,4-6,8-9,16-19H2,1-3H3,(H,38,39)(H2,32,33,40)/t20-,21+,27+/m0/s1. The van der Waals surface area contributed by atoms with E-state index in [0.29, 0.717) is 36.6 Å². The number of rotatable bonds is 9. The minimum absolute atomic E-state index is 0.0953. The molecule has 2 aliphatic rings. The van der Waals surface area contributed by atoms with E-state index < -0.39 is 12.0 Å². The first-order valence-electron chi connectivity index (χ1n) is 14.5. The summed E-state index contributed by atoms with van der Waals surface area (Å²) in [5.41, 5.74) is 1.96. The summed E-state index contributed by atoms with van der Waals surface area (Å²) < 4.78 is 6.59. The highest BCUT2D eigenvalue weighted by Gasteiger charge is 2.34. The van der Waals surface area contributed by atoms with Gasteiger partial charge in [-0.25, -0.2) is 9.59 Å². The zero-order valence-corrected chi connectivity index (χ0v) is 24.1. The van der Waals surface area contributed by atoms with Gasteiger partial charge in [-0.05, 0) is 56.6 Å². The molecule has 1 aliphatic heterocycles. The van der Waals surface area contributed by atoms with Gasteiger partial charge in [0, 0.05) is 31.6 Å². The van der Waals surface area contributed by atoms with E-state index >= 15 is 0 Å². The van der Waals surface area contributed by atoms with Gasteiger partial charge in [0.05, 0.1) is 29.5 Å². The van der Waals surface area contributed by atoms with Crippen molar-refractivity contribution in [3.63, 3.8) is 0 Å². The van der Waals surface area contributed by atoms with Gasteiger partial charge in [-0.1, -0.05) is 44.4 Å². The monoisotopic (exact) mass is 566 g/mol. The van der Waals surface area contributed by atoms with Crippen molar-refractivity contribution in [2.24, 2.45) is 5.92 Å². The number of aliphatic hydroxyl groups is 1. The molecule has 0 saturated heterocycles. The molecule has 4 rings (SSSR count). The first-order valence-corrected chi connectivity index (χ1v) is 14.5. The summed E-state index contributed by atoms with van der Waals surface area (Å²) in [5, 5.41) is 25.1. The van der Waals surface area contributed by atoms with Gasteiger partial charge in [0.25, 0.3) is 5.91 Å². The number of amides is 3. The molecule has 1 fully saturated rings. The highest BCUT2D eigenvalue weighted by Crippen LogP contribution is 2.35. The molecule has 1 heterocycles. The average molecular weight is 567 g/mol. The lowest BCUT2D eigenvalue weighted by Gasteiger charge is -2.38. The Kier molecular flexibility index (Phi) is 10.2. The first-order chi connectivity index (χ1) is 19.7. The zero-order valence-electron chi connectivity index (χ0n) is 24.1. The number of carbonyl (C=O) groups is 3. The summed E-state index contributed by atoms with van der Waals surface area (Å²) in [7, 11) is 1.96. The Morgan fingerprint density at radius 2 is 1.83 bits per heavy atom. The maximum atomic E-state index is 13.7. The van der Waals surface area contributed by atoms with Crippen LogP contribution >= 0.6 is 0 Å². The Morgan fingerprint density at radius 3 is 2.49 bits per heavy atom. The van der Waals surface area contributed by atoms with E-state index in [4.69, 9.17) is 4.74 Å². The number of aliphatic hydroxyl groups excluding tert-OH is 1. The normalized spacial score (nSPS) is 20.4. The fourth-order valence-corrected chi connectivity index (χ4v) is 5.59. The SMILES string of the molecule is C[C@H](CO)N1C[C@H](C)[C@@H](CN(C)Cc2ccc(C(=O)O)cc2)Oc2c(NC(=O)NC3CCCCC3)cccc2C1=O. The Morgan fingerprint density at radius 1 is 1.12 bits per heavy atom. The van der Waals surface area contributed by atoms with Gasteiger partial charge in [-0.3, -0.25) is 9.69 Å². The Hall–Kier alpha value is -3.63. The number of carboxylic acids is 1. The summed E-state index contributed by atoms with van der Waals surface area (Å²) in [6.07, 6.45) is 4.94. The molecular weight excluding hydrogens is 524 g/mol. The lowest BCUT2D eigenvalue weighted by Crippen LogP contribution is -2.50. The van der Waals surface area contributed by atoms with Crippen LogP contribution in [0, 0.1) is 5.92 Å². The number of anilines is 1. The molecule has 2 aromatic carbocycles. The number of nitrogens with zero attached hydrogens (tertiary/aromatic N) is 2. The van der Waals surface area contributed by atoms with Crippen LogP contribution in [0.15, 0.2) is 42.5 Å². The smallest absolute Gasteiger partial charge is 0.335 e. The van der Waals surface area contributed by atoms with Crippen molar-refractivity contribution >= 4 is 23.6 Å². The fraction of sp³-hybridized carbons (Fsp3) is 0.516. The van der Waals surface area contributed by atoms with Gasteiger partial charge in [-0.15, -0.1) is 0 Å². The number of likely N-dealkylation sites (N-methyl/N-ethyl adjacent to an activating group) is 1. The van der Waals surface area contributed by atoms with Crippen LogP contribution in [0.25, 0.3) is 0 Å². The third-order valence-corrected chi connectivity index (χ3v) is 8.02. The summed E-state index contributed by atoms with van der Waals surface area (Å²) in [6.45, 7) is 5.13. The zero-order chi connectivity index (χ0) is 29.5. The molecule has 10 nitrogen and oxygen atoms in total. The quantitative estimate of drug-likeness (QED) is 0.358. The van der Waals surface area contributed by atoms with Crippen LogP contribution in [-0.4, -0.2) is 82.9 Å². The summed E-state index contributed by atoms with van der Waals surface area (Å²) in [6, 6.07) is 11.3. The predicted molar refractivity (Wildman–Crippen MR) is 156 cm³/mol. The lowest BCUT2D eigenvalue weighted by molar-refractivity contribution is 0.0343. The van der Waals surface area contributed by atoms with Gasteiger partial charge in [0.15, 0.2) is 5.75 Å². The maximum Gasteiger partial charge on any atom is 0.335 e. The number of para-hydroxylation sites is 1. The van der Waals surface area contributed by atoms with Gasteiger partial charge >= 0.3 is 12.0 Å². The summed E-state index contributed by atoms with van der Waals surface area (Å²) >= 11 is 0. The molecule has 0 aromatic heterocycles. The fourth-order valence-electron chi connectivity index (χ4n) is 5.59. The molecule has 0 spiro atoms. The summed E-state index contributed by atoms with van der Waals surface area (Å²) in [5.74, 6) is -0.993. The van der Waals surface area contributed by atoms with Crippen molar-refractivity contribution in [2.45, 2.75) is 70.7 Å². The minimum Gasteiger partial charge on any atom is -0.486 e. The van der Waals surface area contributed by atoms with E-state index in [1.54, 1.807) is 47.4 Å². The molecule has 10 heteroatoms. The van der Waals surface area contributed by atoms with Crippen LogP contribution in [0.4, 0.5) is 10.5 Å². The molecule has 1 saturated carbocycles. The van der Waals surface area contributed by atoms with Crippen LogP contribution in [0.5, 0.6) is 5.75 Å². The lowest BCUT2D eigenvalue weighted by atomic mass is 9.96. The second-order valence-electron chi connectivity index (χ2n) is 11.4. The molecule has 4 N–H and O–H groups in total. The van der Waals surface area contributed by atoms with Crippen LogP contribution < -0.4 is 15.4 Å². The largest absolute Gasteiger partial charge is 0.486 e. The number of carbonyl (C=O) groups excluding carboxylic acids is 2. The predicted octanol–water partition coefficient (Wildman–Crippen LogP) is 4.19. The number of ether oxygens (including phenoxy) is 1. The number of fused-ring (bicyclic) bond motifs is 1. The van der Waals surface area contributed by atoms with Crippen LogP contribution in [0.3, 0.4) is 0 Å². The van der Waals surface area contributed by atoms with Crippen molar-refractivity contribution in [1.82, 2.24) is 15.1 Å². The van der Waals surface area contributed by atoms with E-state index in [1.807, 2.05) is 20.9 Å². The molecule has 0 bridgehead atoms. The van der Waals surface area contributed by atoms with Crippen molar-refractivity contribution in [3.8, 4) is 5.75 Å². The topological polar surface area (TPSA) is 131 Å². The van der Waals surface area contributed by atoms with Gasteiger partial charge in [0.1, 0.15) is 6.10 Å². The highest BCUT2D eigenvalue weighted by molar-refractivity contribution is 6.01. The minimum atomic E-state index is -0.964. The van der Waals surface area contributed by atoms with E-state index in [2.05, 4.69) is 15.5 Å². The van der Waals surface area contributed by atoms with Crippen molar-refractivity contribution in [1.29, 1.82) is 0 Å². The van der Waals surface area contributed by atoms with Crippen molar-refractivity contribution < 1.29 is 29.3 Å². The second kappa shape index (κ2) is 13.8. The van der Waals surface area contributed by atoms with Gasteiger partial charge < -0.3 is 30.5 Å². The first kappa shape index (κ1) is 30.3. The van der Waals surface area contributed by atoms with E-state index in [-0.39, 0.29) is 42.2 Å². The number of nitrogens with one attached hydrogen (secondary N) is 2. The number of benzene rings is 2. The van der Waals surface area contributed by atoms with Gasteiger partial charge in [0.2, 0.25) is 0 Å². The molecule has 41 heavy (non-hydrogen) atoms. The molecule has 222 valence electrons. The number of hydrogen-bond acceptors (Lipinski definition) is 6. The van der Waals surface area contributed by atoms with Crippen LogP contribution in [0.2, 0.25) is 0 Å². The molecule has 0 unspecified atom stereocenters. The molecule has 2 aromatic rings. The van der Waals surface area contributed by atoms with Crippen LogP contribution in [-0.2, 0) is 6.54 Å². The van der Waals surface area contributed by atoms with Crippen molar-refractivity contribution in [3.05, 3.63) is 59.2 Å². The van der Waals surface area contributed by atoms with E-state index in [9.17, 15) is 24.6 Å². The van der Waals surface area contributed by atoms with E-state index in [0.717, 1.165) is 31.2 Å². The van der Waals surface area contributed by atoms with Crippen LogP contribution in [0.1, 0.15) is 72.2 Å². The molecule has 3 atom stereocenters. The maximum absolute atomic E-state index is 13.7. The third kappa shape index (κ3) is 7.77. The second-order valence-corrected chi connectivity index (χ2v) is 11.4. The average Bonchev–Trinajstić information content (AvgIpc) is 2.95.